The van der Waals surface area contributed by atoms with Crippen LogP contribution in [-0.4, -0.2) is 16.0 Å². The van der Waals surface area contributed by atoms with Crippen LogP contribution in [0.15, 0.2) is 35.4 Å². The van der Waals surface area contributed by atoms with E-state index in [1.54, 1.807) is 24.7 Å². The average molecular weight is 249 g/mol. The molecule has 0 atom stereocenters. The predicted octanol–water partition coefficient (Wildman–Crippen LogP) is 2.24. The number of halogens is 1. The van der Waals surface area contributed by atoms with Crippen LogP contribution in [0.1, 0.15) is 11.1 Å². The normalized spacial score (nSPS) is 9.47. The molecule has 0 fully saturated rings. The van der Waals surface area contributed by atoms with Crippen molar-refractivity contribution >= 4 is 11.6 Å². The van der Waals surface area contributed by atoms with Crippen molar-refractivity contribution in [3.63, 3.8) is 0 Å². The summed E-state index contributed by atoms with van der Waals surface area (Å²) in [5, 5.41) is 3.58. The molecule has 2 aromatic rings. The minimum absolute atomic E-state index is 0.297. The van der Waals surface area contributed by atoms with Gasteiger partial charge in [0.2, 0.25) is 0 Å². The lowest BCUT2D eigenvalue weighted by Crippen LogP contribution is -1.94. The summed E-state index contributed by atoms with van der Waals surface area (Å²) in [6.45, 7) is 0.386. The van der Waals surface area contributed by atoms with Gasteiger partial charge in [0.1, 0.15) is 18.6 Å². The molecule has 0 aliphatic carbocycles. The van der Waals surface area contributed by atoms with E-state index in [2.05, 4.69) is 22.0 Å². The van der Waals surface area contributed by atoms with Crippen LogP contribution in [-0.2, 0) is 6.61 Å². The van der Waals surface area contributed by atoms with Crippen LogP contribution in [0.3, 0.4) is 0 Å². The Morgan fingerprint density at radius 1 is 1.35 bits per heavy atom. The van der Waals surface area contributed by atoms with Gasteiger partial charge in [0.05, 0.1) is 18.3 Å². The maximum Gasteiger partial charge on any atom is 0.139 e. The lowest BCUT2D eigenvalue weighted by Gasteiger charge is -2.03. The third-order valence-corrected chi connectivity index (χ3v) is 2.04. The van der Waals surface area contributed by atoms with Crippen LogP contribution < -0.4 is 4.74 Å². The highest BCUT2D eigenvalue weighted by atomic mass is 35.5. The third kappa shape index (κ3) is 3.51. The second-order valence-corrected chi connectivity index (χ2v) is 3.43. The second kappa shape index (κ2) is 5.92. The number of nitrogens with zero attached hydrogens (tertiary/aromatic N) is 2. The summed E-state index contributed by atoms with van der Waals surface area (Å²) in [5.74, 6) is 6.57. The lowest BCUT2D eigenvalue weighted by atomic mass is 10.3. The lowest BCUT2D eigenvalue weighted by molar-refractivity contribution is 0.303. The summed E-state index contributed by atoms with van der Waals surface area (Å²) < 4.78 is 10.2. The van der Waals surface area contributed by atoms with Crippen molar-refractivity contribution in [2.45, 2.75) is 6.61 Å². The summed E-state index contributed by atoms with van der Waals surface area (Å²) in [7, 11) is 0. The van der Waals surface area contributed by atoms with Crippen LogP contribution in [0, 0.1) is 11.8 Å². The zero-order valence-corrected chi connectivity index (χ0v) is 9.65. The van der Waals surface area contributed by atoms with Crippen LogP contribution in [0.25, 0.3) is 0 Å². The van der Waals surface area contributed by atoms with E-state index in [-0.39, 0.29) is 0 Å². The fourth-order valence-corrected chi connectivity index (χ4v) is 1.23. The van der Waals surface area contributed by atoms with Gasteiger partial charge in [0.25, 0.3) is 0 Å². The van der Waals surface area contributed by atoms with Gasteiger partial charge < -0.3 is 9.26 Å². The fraction of sp³-hybridized carbons (Fsp3) is 0.167. The Hall–Kier alpha value is -1.99. The SMILES string of the molecule is ClCC#Cc1cncc(OCc2cnoc2)c1. The number of pyridine rings is 1. The van der Waals surface area contributed by atoms with Gasteiger partial charge in [-0.1, -0.05) is 17.0 Å². The molecular weight excluding hydrogens is 240 g/mol. The van der Waals surface area contributed by atoms with Crippen molar-refractivity contribution in [1.29, 1.82) is 0 Å². The summed E-state index contributed by atoms with van der Waals surface area (Å²) in [6, 6.07) is 1.81. The average Bonchev–Trinajstić information content (AvgIpc) is 2.87. The molecule has 2 aromatic heterocycles. The molecule has 86 valence electrons. The van der Waals surface area contributed by atoms with E-state index in [0.29, 0.717) is 18.2 Å². The monoisotopic (exact) mass is 248 g/mol. The van der Waals surface area contributed by atoms with Crippen LogP contribution in [0.5, 0.6) is 5.75 Å². The van der Waals surface area contributed by atoms with Gasteiger partial charge in [-0.25, -0.2) is 0 Å². The minimum Gasteiger partial charge on any atom is -0.487 e. The molecule has 0 aliphatic rings. The van der Waals surface area contributed by atoms with E-state index in [1.165, 1.54) is 6.26 Å². The standard InChI is InChI=1S/C12H9ClN2O2/c13-3-1-2-10-4-12(7-14-5-10)16-8-11-6-15-17-9-11/h4-7,9H,3,8H2. The van der Waals surface area contributed by atoms with Crippen molar-refractivity contribution in [1.82, 2.24) is 10.1 Å². The highest BCUT2D eigenvalue weighted by molar-refractivity contribution is 6.19. The Morgan fingerprint density at radius 3 is 3.06 bits per heavy atom. The molecular formula is C12H9ClN2O2. The molecule has 17 heavy (non-hydrogen) atoms. The van der Waals surface area contributed by atoms with Gasteiger partial charge in [-0.3, -0.25) is 4.98 Å². The van der Waals surface area contributed by atoms with E-state index in [9.17, 15) is 0 Å². The third-order valence-electron chi connectivity index (χ3n) is 1.90. The Balaban J connectivity index is 2.01. The van der Waals surface area contributed by atoms with Gasteiger partial charge in [-0.05, 0) is 6.07 Å². The van der Waals surface area contributed by atoms with Crippen LogP contribution in [0.2, 0.25) is 0 Å². The fourth-order valence-electron chi connectivity index (χ4n) is 1.17. The smallest absolute Gasteiger partial charge is 0.139 e. The first kappa shape index (κ1) is 11.5. The highest BCUT2D eigenvalue weighted by Crippen LogP contribution is 2.12. The topological polar surface area (TPSA) is 48.2 Å². The number of hydrogen-bond donors (Lipinski definition) is 0. The number of hydrogen-bond acceptors (Lipinski definition) is 4. The Morgan fingerprint density at radius 2 is 2.29 bits per heavy atom. The maximum atomic E-state index is 5.51. The van der Waals surface area contributed by atoms with Gasteiger partial charge in [0.15, 0.2) is 0 Å². The molecule has 5 heteroatoms. The molecule has 0 bridgehead atoms. The Bertz CT molecular complexity index is 529. The van der Waals surface area contributed by atoms with Crippen LogP contribution in [0.4, 0.5) is 0 Å². The summed E-state index contributed by atoms with van der Waals surface area (Å²) in [4.78, 5) is 4.03. The van der Waals surface area contributed by atoms with E-state index in [1.807, 2.05) is 0 Å². The van der Waals surface area contributed by atoms with E-state index < -0.39 is 0 Å². The molecule has 0 unspecified atom stereocenters. The predicted molar refractivity (Wildman–Crippen MR) is 62.7 cm³/mol. The van der Waals surface area contributed by atoms with Crippen molar-refractivity contribution in [2.75, 3.05) is 5.88 Å². The van der Waals surface area contributed by atoms with Crippen molar-refractivity contribution < 1.29 is 9.26 Å². The molecule has 0 radical (unpaired) electrons. The zero-order chi connectivity index (χ0) is 11.9. The molecule has 0 amide bonds. The molecule has 4 nitrogen and oxygen atoms in total. The largest absolute Gasteiger partial charge is 0.487 e. The van der Waals surface area contributed by atoms with E-state index in [0.717, 1.165) is 11.1 Å². The van der Waals surface area contributed by atoms with E-state index in [4.69, 9.17) is 20.9 Å². The maximum absolute atomic E-state index is 5.51. The quantitative estimate of drug-likeness (QED) is 0.617. The molecule has 0 aliphatic heterocycles. The number of ether oxygens (including phenoxy) is 1. The minimum atomic E-state index is 0.297. The molecule has 0 saturated heterocycles. The van der Waals surface area contributed by atoms with Gasteiger partial charge in [-0.2, -0.15) is 0 Å². The van der Waals surface area contributed by atoms with Crippen LogP contribution >= 0.6 is 11.6 Å². The highest BCUT2D eigenvalue weighted by Gasteiger charge is 1.99. The number of aromatic nitrogens is 2. The summed E-state index contributed by atoms with van der Waals surface area (Å²) >= 11 is 5.48. The molecule has 2 rings (SSSR count). The van der Waals surface area contributed by atoms with Crippen molar-refractivity contribution in [3.05, 3.63) is 42.0 Å². The Kier molecular flexibility index (Phi) is 4.00. The summed E-state index contributed by atoms with van der Waals surface area (Å²) in [5.41, 5.74) is 1.63. The summed E-state index contributed by atoms with van der Waals surface area (Å²) in [6.07, 6.45) is 6.42. The molecule has 2 heterocycles. The second-order valence-electron chi connectivity index (χ2n) is 3.17. The first-order chi connectivity index (χ1) is 8.38. The first-order valence-corrected chi connectivity index (χ1v) is 5.43. The number of alkyl halides is 1. The Labute approximate surface area is 104 Å². The molecule has 0 N–H and O–H groups in total. The van der Waals surface area contributed by atoms with Crippen molar-refractivity contribution in [2.24, 2.45) is 0 Å². The first-order valence-electron chi connectivity index (χ1n) is 4.89. The van der Waals surface area contributed by atoms with E-state index >= 15 is 0 Å². The zero-order valence-electron chi connectivity index (χ0n) is 8.89. The van der Waals surface area contributed by atoms with Gasteiger partial charge >= 0.3 is 0 Å². The number of rotatable bonds is 3. The van der Waals surface area contributed by atoms with Crippen molar-refractivity contribution in [3.8, 4) is 17.6 Å². The molecule has 0 saturated carbocycles. The molecule has 0 aromatic carbocycles. The van der Waals surface area contributed by atoms with Gasteiger partial charge in [-0.15, -0.1) is 11.6 Å². The molecule has 0 spiro atoms. The van der Waals surface area contributed by atoms with Gasteiger partial charge in [0, 0.05) is 17.3 Å².